The Bertz CT molecular complexity index is 573. The van der Waals surface area contributed by atoms with E-state index in [0.717, 1.165) is 15.1 Å². The van der Waals surface area contributed by atoms with Crippen LogP contribution in [0.4, 0.5) is 4.79 Å². The standard InChI is InChI=1S/C18H28BrN3O3/c1-18(2,3)14-6-7-16(15(19)12-14)25-11-5-9-21-17(24)22(13-23)10-4-8-20/h6-7,12-13H,4-5,8-11,20H2,1-3H3,(H,21,24). The van der Waals surface area contributed by atoms with Gasteiger partial charge in [0, 0.05) is 13.1 Å². The molecule has 0 aliphatic carbocycles. The van der Waals surface area contributed by atoms with E-state index in [0.29, 0.717) is 45.5 Å². The number of nitrogens with one attached hydrogen (secondary N) is 1. The summed E-state index contributed by atoms with van der Waals surface area (Å²) in [6.45, 7) is 8.15. The number of hydrogen-bond acceptors (Lipinski definition) is 4. The summed E-state index contributed by atoms with van der Waals surface area (Å²) in [6, 6.07) is 5.67. The number of imide groups is 1. The molecule has 0 fully saturated rings. The highest BCUT2D eigenvalue weighted by molar-refractivity contribution is 9.10. The average Bonchev–Trinajstić information content (AvgIpc) is 2.55. The minimum Gasteiger partial charge on any atom is -0.492 e. The third kappa shape index (κ3) is 7.44. The summed E-state index contributed by atoms with van der Waals surface area (Å²) >= 11 is 3.53. The molecule has 25 heavy (non-hydrogen) atoms. The van der Waals surface area contributed by atoms with E-state index in [1.54, 1.807) is 0 Å². The van der Waals surface area contributed by atoms with Crippen molar-refractivity contribution in [1.82, 2.24) is 10.2 Å². The van der Waals surface area contributed by atoms with Gasteiger partial charge in [0.15, 0.2) is 0 Å². The van der Waals surface area contributed by atoms with Crippen LogP contribution in [0.25, 0.3) is 0 Å². The van der Waals surface area contributed by atoms with Gasteiger partial charge in [0.2, 0.25) is 6.41 Å². The molecular weight excluding hydrogens is 386 g/mol. The summed E-state index contributed by atoms with van der Waals surface area (Å²) in [5, 5.41) is 2.70. The zero-order valence-corrected chi connectivity index (χ0v) is 16.8. The summed E-state index contributed by atoms with van der Waals surface area (Å²) < 4.78 is 6.65. The van der Waals surface area contributed by atoms with Crippen LogP contribution < -0.4 is 15.8 Å². The molecule has 0 saturated heterocycles. The van der Waals surface area contributed by atoms with Crippen molar-refractivity contribution in [3.05, 3.63) is 28.2 Å². The number of amides is 3. The third-order valence-electron chi connectivity index (χ3n) is 3.64. The molecule has 0 aliphatic heterocycles. The van der Waals surface area contributed by atoms with Gasteiger partial charge in [-0.3, -0.25) is 9.69 Å². The Morgan fingerprint density at radius 3 is 2.64 bits per heavy atom. The van der Waals surface area contributed by atoms with Gasteiger partial charge >= 0.3 is 6.03 Å². The molecule has 0 spiro atoms. The normalized spacial score (nSPS) is 11.1. The average molecular weight is 414 g/mol. The second-order valence-electron chi connectivity index (χ2n) is 6.77. The molecule has 0 saturated carbocycles. The Hall–Kier alpha value is -1.60. The van der Waals surface area contributed by atoms with E-state index in [4.69, 9.17) is 10.5 Å². The maximum Gasteiger partial charge on any atom is 0.323 e. The molecule has 0 aromatic heterocycles. The molecule has 0 heterocycles. The zero-order valence-electron chi connectivity index (χ0n) is 15.2. The number of nitrogens with zero attached hydrogens (tertiary/aromatic N) is 1. The van der Waals surface area contributed by atoms with E-state index in [9.17, 15) is 9.59 Å². The lowest BCUT2D eigenvalue weighted by molar-refractivity contribution is -0.115. The molecule has 1 aromatic rings. The van der Waals surface area contributed by atoms with Gasteiger partial charge in [-0.2, -0.15) is 0 Å². The molecule has 0 unspecified atom stereocenters. The van der Waals surface area contributed by atoms with Crippen LogP contribution in [-0.4, -0.2) is 43.6 Å². The number of carbonyl (C=O) groups is 2. The topological polar surface area (TPSA) is 84.7 Å². The molecule has 140 valence electrons. The highest BCUT2D eigenvalue weighted by Crippen LogP contribution is 2.31. The Morgan fingerprint density at radius 1 is 1.36 bits per heavy atom. The Morgan fingerprint density at radius 2 is 2.08 bits per heavy atom. The van der Waals surface area contributed by atoms with Gasteiger partial charge in [-0.15, -0.1) is 0 Å². The number of carbonyl (C=O) groups excluding carboxylic acids is 2. The third-order valence-corrected chi connectivity index (χ3v) is 4.26. The lowest BCUT2D eigenvalue weighted by Crippen LogP contribution is -2.40. The van der Waals surface area contributed by atoms with Crippen molar-refractivity contribution in [2.45, 2.75) is 39.0 Å². The van der Waals surface area contributed by atoms with Gasteiger partial charge in [0.25, 0.3) is 0 Å². The fourth-order valence-electron chi connectivity index (χ4n) is 2.10. The van der Waals surface area contributed by atoms with Gasteiger partial charge in [-0.1, -0.05) is 26.8 Å². The number of benzene rings is 1. The zero-order chi connectivity index (χ0) is 18.9. The molecule has 0 atom stereocenters. The maximum atomic E-state index is 11.8. The minimum atomic E-state index is -0.404. The Balaban J connectivity index is 2.36. The predicted octanol–water partition coefficient (Wildman–Crippen LogP) is 3.03. The van der Waals surface area contributed by atoms with E-state index >= 15 is 0 Å². The van der Waals surface area contributed by atoms with E-state index in [1.807, 2.05) is 6.07 Å². The molecule has 7 heteroatoms. The van der Waals surface area contributed by atoms with Crippen LogP contribution in [0.1, 0.15) is 39.2 Å². The van der Waals surface area contributed by atoms with E-state index in [2.05, 4.69) is 54.2 Å². The van der Waals surface area contributed by atoms with Crippen LogP contribution in [0.3, 0.4) is 0 Å². The molecule has 1 aromatic carbocycles. The molecule has 0 radical (unpaired) electrons. The first kappa shape index (κ1) is 21.4. The molecular formula is C18H28BrN3O3. The second kappa shape index (κ2) is 10.4. The molecule has 0 bridgehead atoms. The largest absolute Gasteiger partial charge is 0.492 e. The molecule has 3 N–H and O–H groups in total. The summed E-state index contributed by atoms with van der Waals surface area (Å²) in [6.07, 6.45) is 1.76. The first-order chi connectivity index (χ1) is 11.8. The van der Waals surface area contributed by atoms with Gasteiger partial charge in [-0.25, -0.2) is 4.79 Å². The Labute approximate surface area is 158 Å². The van der Waals surface area contributed by atoms with Crippen LogP contribution >= 0.6 is 15.9 Å². The number of hydrogen-bond donors (Lipinski definition) is 2. The highest BCUT2D eigenvalue weighted by atomic mass is 79.9. The van der Waals surface area contributed by atoms with Gasteiger partial charge in [-0.05, 0) is 58.4 Å². The van der Waals surface area contributed by atoms with E-state index < -0.39 is 6.03 Å². The van der Waals surface area contributed by atoms with Crippen molar-refractivity contribution in [1.29, 1.82) is 0 Å². The summed E-state index contributed by atoms with van der Waals surface area (Å²) in [4.78, 5) is 23.7. The molecule has 0 aliphatic rings. The van der Waals surface area contributed by atoms with Crippen LogP contribution in [0.2, 0.25) is 0 Å². The predicted molar refractivity (Wildman–Crippen MR) is 103 cm³/mol. The monoisotopic (exact) mass is 413 g/mol. The Kier molecular flexibility index (Phi) is 8.92. The van der Waals surface area contributed by atoms with Crippen LogP contribution in [0, 0.1) is 0 Å². The minimum absolute atomic E-state index is 0.0830. The van der Waals surface area contributed by atoms with Crippen LogP contribution in [0.15, 0.2) is 22.7 Å². The van der Waals surface area contributed by atoms with Crippen molar-refractivity contribution in [3.63, 3.8) is 0 Å². The van der Waals surface area contributed by atoms with Crippen molar-refractivity contribution in [2.75, 3.05) is 26.2 Å². The highest BCUT2D eigenvalue weighted by Gasteiger charge is 2.15. The number of rotatable bonds is 9. The van der Waals surface area contributed by atoms with Crippen molar-refractivity contribution in [2.24, 2.45) is 5.73 Å². The number of nitrogens with two attached hydrogens (primary N) is 1. The number of urea groups is 1. The van der Waals surface area contributed by atoms with E-state index in [-0.39, 0.29) is 5.41 Å². The summed E-state index contributed by atoms with van der Waals surface area (Å²) in [5.74, 6) is 0.775. The lowest BCUT2D eigenvalue weighted by atomic mass is 9.87. The molecule has 6 nitrogen and oxygen atoms in total. The fourth-order valence-corrected chi connectivity index (χ4v) is 2.59. The van der Waals surface area contributed by atoms with Gasteiger partial charge in [0.05, 0.1) is 11.1 Å². The SMILES string of the molecule is CC(C)(C)c1ccc(OCCCNC(=O)N(C=O)CCCN)c(Br)c1. The van der Waals surface area contributed by atoms with Crippen molar-refractivity contribution in [3.8, 4) is 5.75 Å². The van der Waals surface area contributed by atoms with Crippen LogP contribution in [-0.2, 0) is 10.2 Å². The molecule has 1 rings (SSSR count). The molecule has 3 amide bonds. The van der Waals surface area contributed by atoms with Gasteiger partial charge < -0.3 is 15.8 Å². The summed E-state index contributed by atoms with van der Waals surface area (Å²) in [7, 11) is 0. The lowest BCUT2D eigenvalue weighted by Gasteiger charge is -2.20. The maximum absolute atomic E-state index is 11.8. The smallest absolute Gasteiger partial charge is 0.323 e. The van der Waals surface area contributed by atoms with Crippen molar-refractivity contribution >= 4 is 28.4 Å². The number of halogens is 1. The summed E-state index contributed by atoms with van der Waals surface area (Å²) in [5.41, 5.74) is 6.69. The first-order valence-electron chi connectivity index (χ1n) is 8.42. The second-order valence-corrected chi connectivity index (χ2v) is 7.62. The van der Waals surface area contributed by atoms with Crippen molar-refractivity contribution < 1.29 is 14.3 Å². The van der Waals surface area contributed by atoms with Gasteiger partial charge in [0.1, 0.15) is 5.75 Å². The fraction of sp³-hybridized carbons (Fsp3) is 0.556. The van der Waals surface area contributed by atoms with Crippen LogP contribution in [0.5, 0.6) is 5.75 Å². The number of ether oxygens (including phenoxy) is 1. The van der Waals surface area contributed by atoms with E-state index in [1.165, 1.54) is 5.56 Å². The quantitative estimate of drug-likeness (QED) is 0.481. The first-order valence-corrected chi connectivity index (χ1v) is 9.21.